The molecule has 0 N–H and O–H groups in total. The van der Waals surface area contributed by atoms with Gasteiger partial charge in [0, 0.05) is 37.9 Å². The maximum absolute atomic E-state index is 12.7. The van der Waals surface area contributed by atoms with E-state index in [1.807, 2.05) is 35.2 Å². The summed E-state index contributed by atoms with van der Waals surface area (Å²) in [5.41, 5.74) is 1.48. The third kappa shape index (κ3) is 4.38. The number of rotatable bonds is 6. The van der Waals surface area contributed by atoms with Crippen molar-refractivity contribution < 1.29 is 9.72 Å². The van der Waals surface area contributed by atoms with Gasteiger partial charge in [-0.3, -0.25) is 14.9 Å². The molecule has 1 amide bonds. The smallest absolute Gasteiger partial charge is 0.292 e. The minimum atomic E-state index is -0.382. The van der Waals surface area contributed by atoms with E-state index in [1.165, 1.54) is 6.07 Å². The number of hydrogen-bond donors (Lipinski definition) is 0. The van der Waals surface area contributed by atoms with E-state index < -0.39 is 0 Å². The van der Waals surface area contributed by atoms with Gasteiger partial charge in [0.05, 0.1) is 17.5 Å². The summed E-state index contributed by atoms with van der Waals surface area (Å²) in [5, 5.41) is 20.3. The summed E-state index contributed by atoms with van der Waals surface area (Å²) >= 11 is 0. The predicted octanol–water partition coefficient (Wildman–Crippen LogP) is 2.27. The molecule has 28 heavy (non-hydrogen) atoms. The maximum Gasteiger partial charge on any atom is 0.292 e. The Morgan fingerprint density at radius 1 is 1.07 bits per heavy atom. The number of carbonyl (C=O) groups excluding carboxylic acids is 1. The lowest BCUT2D eigenvalue weighted by Crippen LogP contribution is -2.51. The minimum Gasteiger partial charge on any atom is -0.362 e. The normalized spacial score (nSPS) is 13.7. The molecule has 0 saturated carbocycles. The van der Waals surface area contributed by atoms with Crippen LogP contribution in [0.25, 0.3) is 0 Å². The van der Waals surface area contributed by atoms with Crippen LogP contribution in [0.3, 0.4) is 0 Å². The van der Waals surface area contributed by atoms with Gasteiger partial charge in [0.15, 0.2) is 0 Å². The number of hydrogen-bond acceptors (Lipinski definition) is 6. The number of carbonyl (C=O) groups is 1. The van der Waals surface area contributed by atoms with Gasteiger partial charge in [0.2, 0.25) is 5.91 Å². The van der Waals surface area contributed by atoms with E-state index in [0.717, 1.165) is 5.69 Å². The Labute approximate surface area is 163 Å². The Bertz CT molecular complexity index is 873. The zero-order valence-electron chi connectivity index (χ0n) is 15.4. The number of nitriles is 1. The second-order valence-corrected chi connectivity index (χ2v) is 6.46. The number of amides is 1. The Balaban J connectivity index is 1.62. The number of nitro groups is 1. The maximum atomic E-state index is 12.7. The van der Waals surface area contributed by atoms with Gasteiger partial charge >= 0.3 is 0 Å². The van der Waals surface area contributed by atoms with Crippen LogP contribution in [0, 0.1) is 21.4 Å². The molecule has 8 nitrogen and oxygen atoms in total. The molecule has 0 bridgehead atoms. The van der Waals surface area contributed by atoms with E-state index in [1.54, 1.807) is 28.0 Å². The van der Waals surface area contributed by atoms with Crippen molar-refractivity contribution in [2.24, 2.45) is 0 Å². The molecule has 0 spiro atoms. The molecule has 1 aliphatic heterocycles. The Morgan fingerprint density at radius 2 is 1.71 bits per heavy atom. The molecule has 1 saturated heterocycles. The average Bonchev–Trinajstić information content (AvgIpc) is 2.74. The fraction of sp³-hybridized carbons (Fsp3) is 0.300. The predicted molar refractivity (Wildman–Crippen MR) is 106 cm³/mol. The lowest BCUT2D eigenvalue weighted by molar-refractivity contribution is -0.384. The molecule has 0 radical (unpaired) electrons. The highest BCUT2D eigenvalue weighted by Gasteiger charge is 2.26. The molecule has 0 atom stereocenters. The number of para-hydroxylation sites is 3. The number of nitrogens with zero attached hydrogens (tertiary/aromatic N) is 5. The Kier molecular flexibility index (Phi) is 6.07. The summed E-state index contributed by atoms with van der Waals surface area (Å²) in [6.07, 6.45) is 0. The Morgan fingerprint density at radius 3 is 2.36 bits per heavy atom. The van der Waals surface area contributed by atoms with Crippen molar-refractivity contribution in [1.82, 2.24) is 4.90 Å². The largest absolute Gasteiger partial charge is 0.362 e. The molecule has 0 unspecified atom stereocenters. The highest BCUT2D eigenvalue weighted by Crippen LogP contribution is 2.28. The molecule has 144 valence electrons. The molecule has 3 rings (SSSR count). The lowest BCUT2D eigenvalue weighted by atomic mass is 10.2. The number of anilines is 2. The number of benzene rings is 2. The van der Waals surface area contributed by atoms with Crippen molar-refractivity contribution >= 4 is 23.0 Å². The fourth-order valence-electron chi connectivity index (χ4n) is 3.31. The van der Waals surface area contributed by atoms with Crippen LogP contribution in [0.5, 0.6) is 0 Å². The van der Waals surface area contributed by atoms with Gasteiger partial charge in [-0.2, -0.15) is 5.26 Å². The summed E-state index contributed by atoms with van der Waals surface area (Å²) < 4.78 is 0. The minimum absolute atomic E-state index is 0.0543. The topological polar surface area (TPSA) is 93.7 Å². The second-order valence-electron chi connectivity index (χ2n) is 6.46. The molecule has 2 aromatic rings. The zero-order valence-corrected chi connectivity index (χ0v) is 15.4. The molecular formula is C20H21N5O3. The van der Waals surface area contributed by atoms with Crippen molar-refractivity contribution in [3.8, 4) is 6.07 Å². The summed E-state index contributed by atoms with van der Waals surface area (Å²) in [4.78, 5) is 29.0. The standard InChI is InChI=1S/C20H21N5O3/c21-10-11-24(17-6-2-1-3-7-17)16-20(26)23-14-12-22(13-15-23)18-8-4-5-9-19(18)25(27)28/h1-9H,11-16H2. The van der Waals surface area contributed by atoms with Gasteiger partial charge in [-0.15, -0.1) is 0 Å². The van der Waals surface area contributed by atoms with Crippen LogP contribution in [0.1, 0.15) is 0 Å². The first-order valence-electron chi connectivity index (χ1n) is 9.03. The monoisotopic (exact) mass is 379 g/mol. The van der Waals surface area contributed by atoms with Crippen molar-refractivity contribution in [3.63, 3.8) is 0 Å². The van der Waals surface area contributed by atoms with E-state index in [4.69, 9.17) is 5.26 Å². The van der Waals surface area contributed by atoms with Crippen LogP contribution >= 0.6 is 0 Å². The SMILES string of the molecule is N#CCN(CC(=O)N1CCN(c2ccccc2[N+](=O)[O-])CC1)c1ccccc1. The van der Waals surface area contributed by atoms with Crippen LogP contribution in [0.15, 0.2) is 54.6 Å². The average molecular weight is 379 g/mol. The fourth-order valence-corrected chi connectivity index (χ4v) is 3.31. The van der Waals surface area contributed by atoms with Crippen LogP contribution in [0.2, 0.25) is 0 Å². The summed E-state index contributed by atoms with van der Waals surface area (Å²) in [7, 11) is 0. The first-order chi connectivity index (χ1) is 13.6. The van der Waals surface area contributed by atoms with E-state index >= 15 is 0 Å². The zero-order chi connectivity index (χ0) is 19.9. The molecular weight excluding hydrogens is 358 g/mol. The quantitative estimate of drug-likeness (QED) is 0.434. The van der Waals surface area contributed by atoms with Crippen LogP contribution < -0.4 is 9.80 Å². The van der Waals surface area contributed by atoms with Gasteiger partial charge in [-0.05, 0) is 18.2 Å². The van der Waals surface area contributed by atoms with Crippen molar-refractivity contribution in [2.45, 2.75) is 0 Å². The van der Waals surface area contributed by atoms with Gasteiger partial charge in [0.1, 0.15) is 12.2 Å². The summed E-state index contributed by atoms with van der Waals surface area (Å²) in [6, 6.07) is 18.1. The summed E-state index contributed by atoms with van der Waals surface area (Å²) in [5.74, 6) is -0.0543. The van der Waals surface area contributed by atoms with E-state index in [-0.39, 0.29) is 29.6 Å². The molecule has 1 fully saturated rings. The van der Waals surface area contributed by atoms with Gasteiger partial charge in [0.25, 0.3) is 5.69 Å². The lowest BCUT2D eigenvalue weighted by Gasteiger charge is -2.36. The van der Waals surface area contributed by atoms with Gasteiger partial charge in [-0.1, -0.05) is 30.3 Å². The highest BCUT2D eigenvalue weighted by atomic mass is 16.6. The van der Waals surface area contributed by atoms with Crippen molar-refractivity contribution in [3.05, 3.63) is 64.7 Å². The van der Waals surface area contributed by atoms with E-state index in [9.17, 15) is 14.9 Å². The third-order valence-electron chi connectivity index (χ3n) is 4.76. The molecule has 0 aliphatic carbocycles. The molecule has 8 heteroatoms. The molecule has 1 heterocycles. The van der Waals surface area contributed by atoms with Crippen LogP contribution in [0.4, 0.5) is 17.1 Å². The first kappa shape index (κ1) is 19.2. The van der Waals surface area contributed by atoms with Crippen LogP contribution in [-0.2, 0) is 4.79 Å². The Hall–Kier alpha value is -3.60. The van der Waals surface area contributed by atoms with E-state index in [0.29, 0.717) is 31.9 Å². The van der Waals surface area contributed by atoms with Crippen LogP contribution in [-0.4, -0.2) is 55.0 Å². The number of nitro benzene ring substituents is 1. The molecule has 0 aromatic heterocycles. The molecule has 1 aliphatic rings. The number of piperazine rings is 1. The van der Waals surface area contributed by atoms with Gasteiger partial charge < -0.3 is 14.7 Å². The summed E-state index contributed by atoms with van der Waals surface area (Å²) in [6.45, 7) is 2.29. The van der Waals surface area contributed by atoms with Gasteiger partial charge in [-0.25, -0.2) is 0 Å². The second kappa shape index (κ2) is 8.86. The van der Waals surface area contributed by atoms with Crippen molar-refractivity contribution in [2.75, 3.05) is 49.1 Å². The first-order valence-corrected chi connectivity index (χ1v) is 9.03. The van der Waals surface area contributed by atoms with E-state index in [2.05, 4.69) is 6.07 Å². The molecule has 2 aromatic carbocycles. The highest BCUT2D eigenvalue weighted by molar-refractivity contribution is 5.82. The third-order valence-corrected chi connectivity index (χ3v) is 4.76. The van der Waals surface area contributed by atoms with Crippen molar-refractivity contribution in [1.29, 1.82) is 5.26 Å².